The largest absolute Gasteiger partial charge is 0.346 e. The minimum absolute atomic E-state index is 0.0409. The molecule has 1 aromatic heterocycles. The number of fused-ring (bicyclic) bond motifs is 1. The Morgan fingerprint density at radius 1 is 1.20 bits per heavy atom. The quantitative estimate of drug-likeness (QED) is 0.626. The van der Waals surface area contributed by atoms with E-state index in [-0.39, 0.29) is 17.9 Å². The normalized spacial score (nSPS) is 12.5. The van der Waals surface area contributed by atoms with Crippen molar-refractivity contribution in [1.82, 2.24) is 15.3 Å². The number of nitrogens with one attached hydrogen (secondary N) is 2. The van der Waals surface area contributed by atoms with Gasteiger partial charge in [-0.2, -0.15) is 0 Å². The van der Waals surface area contributed by atoms with E-state index < -0.39 is 0 Å². The molecule has 2 N–H and O–H groups in total. The molecule has 1 unspecified atom stereocenters. The van der Waals surface area contributed by atoms with Crippen LogP contribution < -0.4 is 5.32 Å². The Bertz CT molecular complexity index is 839. The van der Waals surface area contributed by atoms with Crippen molar-refractivity contribution in [3.05, 3.63) is 64.4 Å². The molecule has 3 rings (SSSR count). The Balaban J connectivity index is 1.68. The van der Waals surface area contributed by atoms with E-state index in [4.69, 9.17) is 0 Å². The molecule has 25 heavy (non-hydrogen) atoms. The zero-order valence-electron chi connectivity index (χ0n) is 14.4. The van der Waals surface area contributed by atoms with Gasteiger partial charge in [0.25, 0.3) is 0 Å². The molecule has 0 saturated carbocycles. The number of aryl methyl sites for hydroxylation is 1. The van der Waals surface area contributed by atoms with Crippen LogP contribution in [0.1, 0.15) is 37.7 Å². The summed E-state index contributed by atoms with van der Waals surface area (Å²) in [6, 6.07) is 15.9. The lowest BCUT2D eigenvalue weighted by Crippen LogP contribution is -2.32. The monoisotopic (exact) mass is 399 g/mol. The van der Waals surface area contributed by atoms with Crippen molar-refractivity contribution in [3.8, 4) is 0 Å². The third kappa shape index (κ3) is 4.48. The lowest BCUT2D eigenvalue weighted by atomic mass is 10.0. The van der Waals surface area contributed by atoms with Gasteiger partial charge in [-0.05, 0) is 42.2 Å². The summed E-state index contributed by atoms with van der Waals surface area (Å²) in [4.78, 5) is 20.4. The Hall–Kier alpha value is -2.14. The minimum Gasteiger partial charge on any atom is -0.346 e. The van der Waals surface area contributed by atoms with Crippen molar-refractivity contribution in [2.45, 2.75) is 32.7 Å². The summed E-state index contributed by atoms with van der Waals surface area (Å²) in [6.45, 7) is 4.18. The number of aromatic amines is 1. The first-order chi connectivity index (χ1) is 12.0. The topological polar surface area (TPSA) is 57.8 Å². The molecule has 0 fully saturated rings. The molecule has 4 nitrogen and oxygen atoms in total. The zero-order chi connectivity index (χ0) is 17.8. The van der Waals surface area contributed by atoms with Gasteiger partial charge in [0.1, 0.15) is 5.82 Å². The summed E-state index contributed by atoms with van der Waals surface area (Å²) in [7, 11) is 0. The van der Waals surface area contributed by atoms with Crippen molar-refractivity contribution < 1.29 is 4.79 Å². The highest BCUT2D eigenvalue weighted by Crippen LogP contribution is 2.22. The first kappa shape index (κ1) is 17.7. The zero-order valence-corrected chi connectivity index (χ0v) is 16.0. The number of carbonyl (C=O) groups is 1. The van der Waals surface area contributed by atoms with E-state index in [0.29, 0.717) is 6.42 Å². The van der Waals surface area contributed by atoms with Crippen molar-refractivity contribution in [3.63, 3.8) is 0 Å². The second kappa shape index (κ2) is 7.83. The van der Waals surface area contributed by atoms with E-state index in [9.17, 15) is 4.79 Å². The standard InChI is InChI=1S/C20H22BrN3O/c1-13(2)19(20-22-16-8-3-4-9-17(16)23-20)24-18(25)11-10-14-6-5-7-15(21)12-14/h3-9,12-13,19H,10-11H2,1-2H3,(H,22,23)(H,24,25). The van der Waals surface area contributed by atoms with Gasteiger partial charge in [-0.3, -0.25) is 4.79 Å². The fraction of sp³-hybridized carbons (Fsp3) is 0.300. The number of rotatable bonds is 6. The van der Waals surface area contributed by atoms with Crippen LogP contribution in [0.15, 0.2) is 53.0 Å². The van der Waals surface area contributed by atoms with Crippen LogP contribution in [-0.4, -0.2) is 15.9 Å². The van der Waals surface area contributed by atoms with Gasteiger partial charge in [-0.25, -0.2) is 4.98 Å². The smallest absolute Gasteiger partial charge is 0.220 e. The SMILES string of the molecule is CC(C)C(NC(=O)CCc1cccc(Br)c1)c1nc2ccccc2[nH]1. The number of imidazole rings is 1. The number of amides is 1. The molecule has 0 aliphatic rings. The van der Waals surface area contributed by atoms with Gasteiger partial charge in [0, 0.05) is 10.9 Å². The van der Waals surface area contributed by atoms with Gasteiger partial charge in [-0.1, -0.05) is 54.0 Å². The van der Waals surface area contributed by atoms with Crippen molar-refractivity contribution >= 4 is 32.9 Å². The van der Waals surface area contributed by atoms with E-state index in [2.05, 4.69) is 45.1 Å². The van der Waals surface area contributed by atoms with Crippen LogP contribution in [-0.2, 0) is 11.2 Å². The van der Waals surface area contributed by atoms with Gasteiger partial charge in [0.05, 0.1) is 17.1 Å². The molecule has 0 spiro atoms. The number of para-hydroxylation sites is 2. The van der Waals surface area contributed by atoms with Gasteiger partial charge in [-0.15, -0.1) is 0 Å². The summed E-state index contributed by atoms with van der Waals surface area (Å²) in [6.07, 6.45) is 1.18. The first-order valence-electron chi connectivity index (χ1n) is 8.51. The highest BCUT2D eigenvalue weighted by molar-refractivity contribution is 9.10. The van der Waals surface area contributed by atoms with E-state index >= 15 is 0 Å². The lowest BCUT2D eigenvalue weighted by molar-refractivity contribution is -0.122. The molecule has 0 bridgehead atoms. The maximum Gasteiger partial charge on any atom is 0.220 e. The molecular weight excluding hydrogens is 378 g/mol. The molecule has 0 saturated heterocycles. The molecular formula is C20H22BrN3O. The van der Waals surface area contributed by atoms with Crippen LogP contribution in [0.25, 0.3) is 11.0 Å². The molecule has 0 radical (unpaired) electrons. The first-order valence-corrected chi connectivity index (χ1v) is 9.30. The molecule has 0 aliphatic carbocycles. The van der Waals surface area contributed by atoms with E-state index in [1.54, 1.807) is 0 Å². The fourth-order valence-electron chi connectivity index (χ4n) is 2.87. The molecule has 3 aromatic rings. The summed E-state index contributed by atoms with van der Waals surface area (Å²) in [5, 5.41) is 3.13. The van der Waals surface area contributed by atoms with Gasteiger partial charge < -0.3 is 10.3 Å². The number of carbonyl (C=O) groups excluding carboxylic acids is 1. The number of hydrogen-bond donors (Lipinski definition) is 2. The fourth-order valence-corrected chi connectivity index (χ4v) is 3.31. The Kier molecular flexibility index (Phi) is 5.53. The predicted molar refractivity (Wildman–Crippen MR) is 104 cm³/mol. The summed E-state index contributed by atoms with van der Waals surface area (Å²) in [5.41, 5.74) is 3.06. The Morgan fingerprint density at radius 2 is 2.00 bits per heavy atom. The summed E-state index contributed by atoms with van der Waals surface area (Å²) >= 11 is 3.46. The van der Waals surface area contributed by atoms with Crippen LogP contribution in [0.5, 0.6) is 0 Å². The molecule has 0 aliphatic heterocycles. The number of aromatic nitrogens is 2. The molecule has 1 atom stereocenters. The Labute approximate surface area is 156 Å². The van der Waals surface area contributed by atoms with Crippen molar-refractivity contribution in [1.29, 1.82) is 0 Å². The molecule has 1 amide bonds. The molecule has 2 aromatic carbocycles. The number of hydrogen-bond acceptors (Lipinski definition) is 2. The maximum absolute atomic E-state index is 12.4. The van der Waals surface area contributed by atoms with E-state index in [1.807, 2.05) is 48.5 Å². The maximum atomic E-state index is 12.4. The summed E-state index contributed by atoms with van der Waals surface area (Å²) < 4.78 is 1.03. The third-order valence-electron chi connectivity index (χ3n) is 4.22. The minimum atomic E-state index is -0.123. The number of benzene rings is 2. The summed E-state index contributed by atoms with van der Waals surface area (Å²) in [5.74, 6) is 1.10. The van der Waals surface area contributed by atoms with Crippen LogP contribution in [0.2, 0.25) is 0 Å². The van der Waals surface area contributed by atoms with Crippen LogP contribution in [0.4, 0.5) is 0 Å². The number of nitrogens with zero attached hydrogens (tertiary/aromatic N) is 1. The second-order valence-corrected chi connectivity index (χ2v) is 7.47. The van der Waals surface area contributed by atoms with Gasteiger partial charge in [0.2, 0.25) is 5.91 Å². The van der Waals surface area contributed by atoms with Crippen LogP contribution in [0, 0.1) is 5.92 Å². The van der Waals surface area contributed by atoms with Crippen molar-refractivity contribution in [2.75, 3.05) is 0 Å². The average molecular weight is 400 g/mol. The lowest BCUT2D eigenvalue weighted by Gasteiger charge is -2.20. The third-order valence-corrected chi connectivity index (χ3v) is 4.71. The van der Waals surface area contributed by atoms with Gasteiger partial charge >= 0.3 is 0 Å². The second-order valence-electron chi connectivity index (χ2n) is 6.56. The molecule has 5 heteroatoms. The number of H-pyrrole nitrogens is 1. The highest BCUT2D eigenvalue weighted by Gasteiger charge is 2.21. The van der Waals surface area contributed by atoms with Gasteiger partial charge in [0.15, 0.2) is 0 Å². The molecule has 130 valence electrons. The molecule has 1 heterocycles. The number of halogens is 1. The Morgan fingerprint density at radius 3 is 2.72 bits per heavy atom. The highest BCUT2D eigenvalue weighted by atomic mass is 79.9. The van der Waals surface area contributed by atoms with E-state index in [0.717, 1.165) is 33.3 Å². The average Bonchev–Trinajstić information content (AvgIpc) is 3.01. The van der Waals surface area contributed by atoms with E-state index in [1.165, 1.54) is 0 Å². The van der Waals surface area contributed by atoms with Crippen molar-refractivity contribution in [2.24, 2.45) is 5.92 Å². The van der Waals surface area contributed by atoms with Crippen LogP contribution in [0.3, 0.4) is 0 Å². The predicted octanol–water partition coefficient (Wildman–Crippen LogP) is 4.77. The van der Waals surface area contributed by atoms with Crippen LogP contribution >= 0.6 is 15.9 Å².